The monoisotopic (exact) mass is 294 g/mol. The molecule has 2 N–H and O–H groups in total. The molecule has 4 heteroatoms. The molecule has 1 atom stereocenters. The molecule has 19 heavy (non-hydrogen) atoms. The van der Waals surface area contributed by atoms with E-state index in [2.05, 4.69) is 11.1 Å². The second-order valence-electron chi connectivity index (χ2n) is 4.60. The van der Waals surface area contributed by atoms with E-state index in [0.29, 0.717) is 10.0 Å². The highest BCUT2D eigenvalue weighted by atomic mass is 35.5. The molecule has 0 aliphatic heterocycles. The summed E-state index contributed by atoms with van der Waals surface area (Å²) in [5.41, 5.74) is 8.40. The standard InChI is InChI=1S/C15H16Cl2N2/c16-13-5-4-12(15(17)9-13)8-14(18)6-3-11-2-1-7-19-10-11/h1-2,4-5,7,9-10,14H,3,6,8,18H2. The van der Waals surface area contributed by atoms with E-state index >= 15 is 0 Å². The molecule has 0 aliphatic carbocycles. The van der Waals surface area contributed by atoms with Crippen molar-refractivity contribution in [1.82, 2.24) is 4.98 Å². The van der Waals surface area contributed by atoms with Gasteiger partial charge in [0.1, 0.15) is 0 Å². The van der Waals surface area contributed by atoms with E-state index in [0.717, 1.165) is 24.8 Å². The smallest absolute Gasteiger partial charge is 0.0453 e. The molecule has 1 aromatic carbocycles. The summed E-state index contributed by atoms with van der Waals surface area (Å²) in [5, 5.41) is 1.34. The summed E-state index contributed by atoms with van der Waals surface area (Å²) >= 11 is 12.0. The van der Waals surface area contributed by atoms with Gasteiger partial charge in [0.2, 0.25) is 0 Å². The minimum atomic E-state index is 0.0823. The Morgan fingerprint density at radius 2 is 2.05 bits per heavy atom. The van der Waals surface area contributed by atoms with Gasteiger partial charge in [-0.25, -0.2) is 0 Å². The van der Waals surface area contributed by atoms with Crippen LogP contribution in [-0.2, 0) is 12.8 Å². The average molecular weight is 295 g/mol. The first-order valence-corrected chi connectivity index (χ1v) is 6.99. The van der Waals surface area contributed by atoms with E-state index < -0.39 is 0 Å². The molecule has 0 amide bonds. The molecule has 0 saturated carbocycles. The molecular weight excluding hydrogens is 279 g/mol. The largest absolute Gasteiger partial charge is 0.327 e. The molecular formula is C15H16Cl2N2. The quantitative estimate of drug-likeness (QED) is 0.908. The maximum absolute atomic E-state index is 6.15. The summed E-state index contributed by atoms with van der Waals surface area (Å²) in [6.07, 6.45) is 6.25. The van der Waals surface area contributed by atoms with Crippen LogP contribution in [0.2, 0.25) is 10.0 Å². The van der Waals surface area contributed by atoms with Gasteiger partial charge in [-0.2, -0.15) is 0 Å². The maximum atomic E-state index is 6.15. The van der Waals surface area contributed by atoms with E-state index in [1.54, 1.807) is 12.3 Å². The molecule has 0 spiro atoms. The van der Waals surface area contributed by atoms with Gasteiger partial charge in [0, 0.05) is 28.5 Å². The van der Waals surface area contributed by atoms with Crippen LogP contribution in [0.15, 0.2) is 42.7 Å². The molecule has 0 radical (unpaired) electrons. The summed E-state index contributed by atoms with van der Waals surface area (Å²) in [7, 11) is 0. The van der Waals surface area contributed by atoms with Crippen LogP contribution in [-0.4, -0.2) is 11.0 Å². The Kier molecular flexibility index (Phi) is 5.20. The molecule has 2 aromatic rings. The Morgan fingerprint density at radius 3 is 2.74 bits per heavy atom. The van der Waals surface area contributed by atoms with Gasteiger partial charge < -0.3 is 5.73 Å². The lowest BCUT2D eigenvalue weighted by atomic mass is 10.0. The van der Waals surface area contributed by atoms with Crippen molar-refractivity contribution in [2.24, 2.45) is 5.73 Å². The van der Waals surface area contributed by atoms with Gasteiger partial charge in [-0.15, -0.1) is 0 Å². The highest BCUT2D eigenvalue weighted by molar-refractivity contribution is 6.35. The van der Waals surface area contributed by atoms with E-state index in [9.17, 15) is 0 Å². The number of pyridine rings is 1. The normalized spacial score (nSPS) is 12.4. The lowest BCUT2D eigenvalue weighted by Crippen LogP contribution is -2.23. The molecule has 100 valence electrons. The van der Waals surface area contributed by atoms with Gasteiger partial charge >= 0.3 is 0 Å². The number of nitrogens with two attached hydrogens (primary N) is 1. The lowest BCUT2D eigenvalue weighted by Gasteiger charge is -2.12. The third kappa shape index (κ3) is 4.50. The number of aromatic nitrogens is 1. The Bertz CT molecular complexity index is 529. The highest BCUT2D eigenvalue weighted by Gasteiger charge is 2.08. The maximum Gasteiger partial charge on any atom is 0.0453 e. The number of benzene rings is 1. The highest BCUT2D eigenvalue weighted by Crippen LogP contribution is 2.22. The topological polar surface area (TPSA) is 38.9 Å². The summed E-state index contributed by atoms with van der Waals surface area (Å²) in [5.74, 6) is 0. The zero-order chi connectivity index (χ0) is 13.7. The Labute approximate surface area is 123 Å². The first-order valence-electron chi connectivity index (χ1n) is 6.23. The van der Waals surface area contributed by atoms with Crippen molar-refractivity contribution in [1.29, 1.82) is 0 Å². The zero-order valence-electron chi connectivity index (χ0n) is 10.5. The van der Waals surface area contributed by atoms with Crippen molar-refractivity contribution in [3.8, 4) is 0 Å². The van der Waals surface area contributed by atoms with Crippen molar-refractivity contribution in [3.63, 3.8) is 0 Å². The van der Waals surface area contributed by atoms with Crippen LogP contribution < -0.4 is 5.73 Å². The molecule has 2 nitrogen and oxygen atoms in total. The van der Waals surface area contributed by atoms with Crippen molar-refractivity contribution < 1.29 is 0 Å². The van der Waals surface area contributed by atoms with Crippen molar-refractivity contribution in [2.75, 3.05) is 0 Å². The SMILES string of the molecule is NC(CCc1cccnc1)Cc1ccc(Cl)cc1Cl. The Balaban J connectivity index is 1.89. The molecule has 2 rings (SSSR count). The molecule has 1 aromatic heterocycles. The predicted octanol–water partition coefficient (Wildman–Crippen LogP) is 3.89. The minimum absolute atomic E-state index is 0.0823. The van der Waals surface area contributed by atoms with E-state index in [-0.39, 0.29) is 6.04 Å². The number of hydrogen-bond donors (Lipinski definition) is 1. The van der Waals surface area contributed by atoms with Gasteiger partial charge in [-0.1, -0.05) is 35.3 Å². The van der Waals surface area contributed by atoms with Crippen molar-refractivity contribution in [2.45, 2.75) is 25.3 Å². The zero-order valence-corrected chi connectivity index (χ0v) is 12.0. The molecule has 0 saturated heterocycles. The van der Waals surface area contributed by atoms with Crippen LogP contribution in [0.25, 0.3) is 0 Å². The number of rotatable bonds is 5. The predicted molar refractivity (Wildman–Crippen MR) is 80.7 cm³/mol. The Morgan fingerprint density at radius 1 is 1.21 bits per heavy atom. The third-order valence-electron chi connectivity index (χ3n) is 3.02. The van der Waals surface area contributed by atoms with Crippen LogP contribution in [0.4, 0.5) is 0 Å². The fourth-order valence-corrected chi connectivity index (χ4v) is 2.46. The first kappa shape index (κ1) is 14.3. The second-order valence-corrected chi connectivity index (χ2v) is 5.44. The number of aryl methyl sites for hydroxylation is 1. The van der Waals surface area contributed by atoms with Crippen molar-refractivity contribution in [3.05, 3.63) is 63.9 Å². The van der Waals surface area contributed by atoms with Gasteiger partial charge in [-0.3, -0.25) is 4.98 Å². The fourth-order valence-electron chi connectivity index (χ4n) is 1.97. The number of halogens is 2. The van der Waals surface area contributed by atoms with Gasteiger partial charge in [0.25, 0.3) is 0 Å². The molecule has 0 bridgehead atoms. The molecule has 1 unspecified atom stereocenters. The summed E-state index contributed by atoms with van der Waals surface area (Å²) < 4.78 is 0. The van der Waals surface area contributed by atoms with Crippen LogP contribution in [0, 0.1) is 0 Å². The van der Waals surface area contributed by atoms with Crippen LogP contribution in [0.1, 0.15) is 17.5 Å². The summed E-state index contributed by atoms with van der Waals surface area (Å²) in [6, 6.07) is 9.63. The van der Waals surface area contributed by atoms with Crippen LogP contribution in [0.5, 0.6) is 0 Å². The Hall–Kier alpha value is -1.09. The van der Waals surface area contributed by atoms with Crippen molar-refractivity contribution >= 4 is 23.2 Å². The molecule has 0 aliphatic rings. The van der Waals surface area contributed by atoms with Gasteiger partial charge in [0.15, 0.2) is 0 Å². The molecule has 1 heterocycles. The second kappa shape index (κ2) is 6.90. The molecule has 0 fully saturated rings. The summed E-state index contributed by atoms with van der Waals surface area (Å²) in [6.45, 7) is 0. The van der Waals surface area contributed by atoms with E-state index in [1.165, 1.54) is 5.56 Å². The van der Waals surface area contributed by atoms with Crippen LogP contribution in [0.3, 0.4) is 0 Å². The summed E-state index contributed by atoms with van der Waals surface area (Å²) in [4.78, 5) is 4.09. The van der Waals surface area contributed by atoms with E-state index in [1.807, 2.05) is 24.4 Å². The fraction of sp³-hybridized carbons (Fsp3) is 0.267. The number of nitrogens with zero attached hydrogens (tertiary/aromatic N) is 1. The number of hydrogen-bond acceptors (Lipinski definition) is 2. The first-order chi connectivity index (χ1) is 9.15. The average Bonchev–Trinajstić information content (AvgIpc) is 2.41. The lowest BCUT2D eigenvalue weighted by molar-refractivity contribution is 0.610. The van der Waals surface area contributed by atoms with Crippen LogP contribution >= 0.6 is 23.2 Å². The third-order valence-corrected chi connectivity index (χ3v) is 3.61. The van der Waals surface area contributed by atoms with E-state index in [4.69, 9.17) is 28.9 Å². The van der Waals surface area contributed by atoms with Gasteiger partial charge in [0.05, 0.1) is 0 Å². The minimum Gasteiger partial charge on any atom is -0.327 e. The van der Waals surface area contributed by atoms with Gasteiger partial charge in [-0.05, 0) is 48.6 Å².